The molecule has 2 rings (SSSR count). The third kappa shape index (κ3) is 4.54. The van der Waals surface area contributed by atoms with Gasteiger partial charge in [-0.05, 0) is 36.9 Å². The van der Waals surface area contributed by atoms with E-state index in [1.807, 2.05) is 36.6 Å². The molecule has 21 heavy (non-hydrogen) atoms. The number of carbonyl (C=O) groups excluding carboxylic acids is 1. The molecule has 0 saturated heterocycles. The van der Waals surface area contributed by atoms with Gasteiger partial charge < -0.3 is 15.7 Å². The van der Waals surface area contributed by atoms with Crippen LogP contribution in [0, 0.1) is 6.92 Å². The standard InChI is InChI=1S/C15H19N3O2S/c1-11-5-6-12(8-16-11)9-17-14(19)18-10-15(2,20)13-4-3-7-21-13/h3-8,20H,9-10H2,1-2H3,(H2,17,18,19)/t15-/m1/s1. The minimum Gasteiger partial charge on any atom is -0.383 e. The Morgan fingerprint density at radius 1 is 1.38 bits per heavy atom. The number of aliphatic hydroxyl groups is 1. The molecule has 2 aromatic heterocycles. The topological polar surface area (TPSA) is 74.2 Å². The van der Waals surface area contributed by atoms with Crippen LogP contribution in [0.2, 0.25) is 0 Å². The summed E-state index contributed by atoms with van der Waals surface area (Å²) in [5.41, 5.74) is 0.813. The molecule has 0 aliphatic carbocycles. The normalized spacial score (nSPS) is 13.5. The van der Waals surface area contributed by atoms with Crippen LogP contribution in [0.1, 0.15) is 23.1 Å². The molecule has 0 aromatic carbocycles. The monoisotopic (exact) mass is 305 g/mol. The van der Waals surface area contributed by atoms with E-state index in [2.05, 4.69) is 15.6 Å². The van der Waals surface area contributed by atoms with Crippen molar-refractivity contribution in [2.24, 2.45) is 0 Å². The zero-order valence-corrected chi connectivity index (χ0v) is 12.9. The summed E-state index contributed by atoms with van der Waals surface area (Å²) >= 11 is 1.46. The minimum absolute atomic E-state index is 0.158. The van der Waals surface area contributed by atoms with Crippen molar-refractivity contribution in [1.82, 2.24) is 15.6 Å². The first kappa shape index (κ1) is 15.5. The van der Waals surface area contributed by atoms with Crippen LogP contribution in [0.25, 0.3) is 0 Å². The first-order valence-electron chi connectivity index (χ1n) is 6.67. The summed E-state index contributed by atoms with van der Waals surface area (Å²) in [4.78, 5) is 16.7. The van der Waals surface area contributed by atoms with E-state index in [9.17, 15) is 9.90 Å². The van der Waals surface area contributed by atoms with Crippen LogP contribution in [-0.2, 0) is 12.1 Å². The zero-order valence-electron chi connectivity index (χ0n) is 12.1. The molecule has 0 aliphatic rings. The maximum atomic E-state index is 11.7. The fourth-order valence-electron chi connectivity index (χ4n) is 1.77. The number of hydrogen-bond donors (Lipinski definition) is 3. The van der Waals surface area contributed by atoms with E-state index in [4.69, 9.17) is 0 Å². The Kier molecular flexibility index (Phi) is 4.93. The van der Waals surface area contributed by atoms with Gasteiger partial charge in [0.1, 0.15) is 5.60 Å². The Morgan fingerprint density at radius 2 is 2.19 bits per heavy atom. The van der Waals surface area contributed by atoms with Gasteiger partial charge in [0, 0.05) is 23.3 Å². The van der Waals surface area contributed by atoms with E-state index in [1.165, 1.54) is 11.3 Å². The molecule has 0 saturated carbocycles. The molecule has 0 radical (unpaired) electrons. The van der Waals surface area contributed by atoms with Crippen molar-refractivity contribution >= 4 is 17.4 Å². The number of pyridine rings is 1. The molecule has 0 spiro atoms. The van der Waals surface area contributed by atoms with Gasteiger partial charge in [-0.25, -0.2) is 4.79 Å². The van der Waals surface area contributed by atoms with Crippen LogP contribution in [0.4, 0.5) is 4.79 Å². The Morgan fingerprint density at radius 3 is 2.81 bits per heavy atom. The molecule has 112 valence electrons. The average molecular weight is 305 g/mol. The lowest BCUT2D eigenvalue weighted by Crippen LogP contribution is -2.42. The minimum atomic E-state index is -1.06. The van der Waals surface area contributed by atoms with Crippen molar-refractivity contribution in [1.29, 1.82) is 0 Å². The molecule has 2 aromatic rings. The Balaban J connectivity index is 1.78. The predicted octanol–water partition coefficient (Wildman–Crippen LogP) is 2.16. The second-order valence-electron chi connectivity index (χ2n) is 5.10. The van der Waals surface area contributed by atoms with Crippen molar-refractivity contribution in [3.05, 3.63) is 52.0 Å². The van der Waals surface area contributed by atoms with Gasteiger partial charge in [0.25, 0.3) is 0 Å². The van der Waals surface area contributed by atoms with Crippen molar-refractivity contribution < 1.29 is 9.90 Å². The summed E-state index contributed by atoms with van der Waals surface area (Å²) in [6, 6.07) is 7.23. The largest absolute Gasteiger partial charge is 0.383 e. The van der Waals surface area contributed by atoms with E-state index in [0.29, 0.717) is 6.54 Å². The van der Waals surface area contributed by atoms with Crippen LogP contribution in [0.3, 0.4) is 0 Å². The summed E-state index contributed by atoms with van der Waals surface area (Å²) in [5.74, 6) is 0. The fourth-order valence-corrected chi connectivity index (χ4v) is 2.56. The summed E-state index contributed by atoms with van der Waals surface area (Å²) in [5, 5.41) is 17.6. The van der Waals surface area contributed by atoms with Crippen LogP contribution in [0.5, 0.6) is 0 Å². The molecule has 0 aliphatic heterocycles. The fraction of sp³-hybridized carbons (Fsp3) is 0.333. The number of hydrogen-bond acceptors (Lipinski definition) is 4. The number of carbonyl (C=O) groups is 1. The molecular weight excluding hydrogens is 286 g/mol. The summed E-state index contributed by atoms with van der Waals surface area (Å²) in [7, 11) is 0. The van der Waals surface area contributed by atoms with Gasteiger partial charge in [0.05, 0.1) is 6.54 Å². The number of thiophene rings is 1. The van der Waals surface area contributed by atoms with Crippen LogP contribution >= 0.6 is 11.3 Å². The summed E-state index contributed by atoms with van der Waals surface area (Å²) < 4.78 is 0. The van der Waals surface area contributed by atoms with Gasteiger partial charge in [-0.15, -0.1) is 11.3 Å². The first-order valence-corrected chi connectivity index (χ1v) is 7.55. The second-order valence-corrected chi connectivity index (χ2v) is 6.04. The first-order chi connectivity index (χ1) is 9.97. The molecule has 6 heteroatoms. The van der Waals surface area contributed by atoms with Crippen LogP contribution in [0.15, 0.2) is 35.8 Å². The smallest absolute Gasteiger partial charge is 0.315 e. The third-order valence-electron chi connectivity index (χ3n) is 3.07. The Labute approximate surface area is 128 Å². The number of urea groups is 1. The predicted molar refractivity (Wildman–Crippen MR) is 83.1 cm³/mol. The number of aromatic nitrogens is 1. The van der Waals surface area contributed by atoms with E-state index in [1.54, 1.807) is 13.1 Å². The lowest BCUT2D eigenvalue weighted by atomic mass is 10.1. The number of nitrogens with zero attached hydrogens (tertiary/aromatic N) is 1. The number of rotatable bonds is 5. The van der Waals surface area contributed by atoms with Crippen LogP contribution in [-0.4, -0.2) is 22.7 Å². The third-order valence-corrected chi connectivity index (χ3v) is 4.19. The molecule has 2 amide bonds. The Bertz CT molecular complexity index is 579. The molecule has 3 N–H and O–H groups in total. The molecule has 0 fully saturated rings. The number of aryl methyl sites for hydroxylation is 1. The molecular formula is C15H19N3O2S. The van der Waals surface area contributed by atoms with Crippen molar-refractivity contribution in [3.63, 3.8) is 0 Å². The summed E-state index contributed by atoms with van der Waals surface area (Å²) in [6.07, 6.45) is 1.73. The molecule has 0 bridgehead atoms. The molecule has 5 nitrogen and oxygen atoms in total. The Hall–Kier alpha value is -1.92. The lowest BCUT2D eigenvalue weighted by molar-refractivity contribution is 0.0631. The zero-order chi connectivity index (χ0) is 15.3. The van der Waals surface area contributed by atoms with Crippen molar-refractivity contribution in [2.75, 3.05) is 6.54 Å². The highest BCUT2D eigenvalue weighted by Crippen LogP contribution is 2.24. The van der Waals surface area contributed by atoms with E-state index >= 15 is 0 Å². The lowest BCUT2D eigenvalue weighted by Gasteiger charge is -2.22. The second kappa shape index (κ2) is 6.69. The van der Waals surface area contributed by atoms with Gasteiger partial charge in [-0.1, -0.05) is 12.1 Å². The van der Waals surface area contributed by atoms with Crippen LogP contribution < -0.4 is 10.6 Å². The maximum absolute atomic E-state index is 11.7. The molecule has 1 atom stereocenters. The van der Waals surface area contributed by atoms with Gasteiger partial charge in [-0.3, -0.25) is 4.98 Å². The number of nitrogens with one attached hydrogen (secondary N) is 2. The summed E-state index contributed by atoms with van der Waals surface area (Å²) in [6.45, 7) is 4.16. The van der Waals surface area contributed by atoms with Gasteiger partial charge in [0.15, 0.2) is 0 Å². The quantitative estimate of drug-likeness (QED) is 0.792. The highest BCUT2D eigenvalue weighted by atomic mass is 32.1. The van der Waals surface area contributed by atoms with Gasteiger partial charge in [-0.2, -0.15) is 0 Å². The van der Waals surface area contributed by atoms with Gasteiger partial charge >= 0.3 is 6.03 Å². The SMILES string of the molecule is Cc1ccc(CNC(=O)NC[C@@](C)(O)c2cccs2)cn1. The van der Waals surface area contributed by atoms with Crippen molar-refractivity contribution in [2.45, 2.75) is 26.0 Å². The maximum Gasteiger partial charge on any atom is 0.315 e. The van der Waals surface area contributed by atoms with E-state index in [0.717, 1.165) is 16.1 Å². The highest BCUT2D eigenvalue weighted by Gasteiger charge is 2.24. The number of amides is 2. The molecule has 2 heterocycles. The average Bonchev–Trinajstić information content (AvgIpc) is 3.00. The van der Waals surface area contributed by atoms with Gasteiger partial charge in [0.2, 0.25) is 0 Å². The highest BCUT2D eigenvalue weighted by molar-refractivity contribution is 7.10. The van der Waals surface area contributed by atoms with E-state index < -0.39 is 5.60 Å². The van der Waals surface area contributed by atoms with E-state index in [-0.39, 0.29) is 12.6 Å². The molecule has 0 unspecified atom stereocenters. The van der Waals surface area contributed by atoms with Crippen molar-refractivity contribution in [3.8, 4) is 0 Å².